The molecule has 5 heteroatoms. The third-order valence-electron chi connectivity index (χ3n) is 2.00. The summed E-state index contributed by atoms with van der Waals surface area (Å²) in [6, 6.07) is 0. The highest BCUT2D eigenvalue weighted by Gasteiger charge is 2.15. The predicted octanol–water partition coefficient (Wildman–Crippen LogP) is 1.98. The van der Waals surface area contributed by atoms with Gasteiger partial charge in [0, 0.05) is 18.2 Å². The van der Waals surface area contributed by atoms with Crippen molar-refractivity contribution in [2.75, 3.05) is 12.4 Å². The molecule has 0 atom stereocenters. The number of nitrogens with one attached hydrogen (secondary N) is 1. The second kappa shape index (κ2) is 3.87. The molecule has 1 N–H and O–H groups in total. The van der Waals surface area contributed by atoms with Crippen molar-refractivity contribution >= 4 is 17.6 Å². The molecule has 0 spiro atoms. The van der Waals surface area contributed by atoms with Gasteiger partial charge in [-0.25, -0.2) is 4.98 Å². The van der Waals surface area contributed by atoms with Crippen molar-refractivity contribution in [3.63, 3.8) is 0 Å². The van der Waals surface area contributed by atoms with Gasteiger partial charge in [-0.15, -0.1) is 0 Å². The summed E-state index contributed by atoms with van der Waals surface area (Å²) in [6.07, 6.45) is 2.80. The van der Waals surface area contributed by atoms with Gasteiger partial charge in [0.1, 0.15) is 12.0 Å². The minimum Gasteiger partial charge on any atom is -0.373 e. The van der Waals surface area contributed by atoms with Gasteiger partial charge in [-0.3, -0.25) is 10.1 Å². The van der Waals surface area contributed by atoms with Gasteiger partial charge in [-0.1, -0.05) is 12.7 Å². The number of hydrogen-bond donors (Lipinski definition) is 1. The van der Waals surface area contributed by atoms with Gasteiger partial charge in [0.2, 0.25) is 0 Å². The van der Waals surface area contributed by atoms with Crippen molar-refractivity contribution in [3.05, 3.63) is 34.0 Å². The quantitative estimate of drug-likeness (QED) is 0.588. The number of hydrogen-bond acceptors (Lipinski definition) is 4. The standard InChI is InChI=1S/C9H11N3O2/c1-4-7-6(2)8(12(13)14)5-11-9(7)10-3/h4-5H,1H2,2-3H3,(H,10,11). The maximum atomic E-state index is 10.6. The van der Waals surface area contributed by atoms with Crippen molar-refractivity contribution in [2.45, 2.75) is 6.92 Å². The smallest absolute Gasteiger partial charge is 0.291 e. The highest BCUT2D eigenvalue weighted by Crippen LogP contribution is 2.25. The van der Waals surface area contributed by atoms with E-state index in [1.807, 2.05) is 0 Å². The van der Waals surface area contributed by atoms with E-state index >= 15 is 0 Å². The fourth-order valence-electron chi connectivity index (χ4n) is 1.24. The third-order valence-corrected chi connectivity index (χ3v) is 2.00. The minimum absolute atomic E-state index is 0.0129. The summed E-state index contributed by atoms with van der Waals surface area (Å²) in [5.41, 5.74) is 1.25. The summed E-state index contributed by atoms with van der Waals surface area (Å²) < 4.78 is 0. The lowest BCUT2D eigenvalue weighted by Gasteiger charge is -2.06. The van der Waals surface area contributed by atoms with E-state index < -0.39 is 4.92 Å². The van der Waals surface area contributed by atoms with Crippen LogP contribution in [0, 0.1) is 17.0 Å². The Balaban J connectivity index is 3.42. The molecule has 1 rings (SSSR count). The first-order valence-corrected chi connectivity index (χ1v) is 4.06. The topological polar surface area (TPSA) is 68.1 Å². The number of nitro groups is 1. The maximum absolute atomic E-state index is 10.6. The fraction of sp³-hybridized carbons (Fsp3) is 0.222. The number of aromatic nitrogens is 1. The Hall–Kier alpha value is -1.91. The molecular weight excluding hydrogens is 182 g/mol. The number of pyridine rings is 1. The van der Waals surface area contributed by atoms with Crippen molar-refractivity contribution in [3.8, 4) is 0 Å². The summed E-state index contributed by atoms with van der Waals surface area (Å²) in [6.45, 7) is 5.28. The molecule has 14 heavy (non-hydrogen) atoms. The highest BCUT2D eigenvalue weighted by molar-refractivity contribution is 5.68. The lowest BCUT2D eigenvalue weighted by atomic mass is 10.1. The minimum atomic E-state index is -0.450. The summed E-state index contributed by atoms with van der Waals surface area (Å²) in [7, 11) is 1.71. The summed E-state index contributed by atoms with van der Waals surface area (Å²) in [4.78, 5) is 14.1. The maximum Gasteiger partial charge on any atom is 0.291 e. The van der Waals surface area contributed by atoms with E-state index in [9.17, 15) is 10.1 Å². The second-order valence-corrected chi connectivity index (χ2v) is 2.74. The van der Waals surface area contributed by atoms with Crippen LogP contribution in [0.25, 0.3) is 6.08 Å². The molecule has 5 nitrogen and oxygen atoms in total. The number of anilines is 1. The Bertz CT molecular complexity index is 388. The van der Waals surface area contributed by atoms with Crippen LogP contribution in [-0.4, -0.2) is 17.0 Å². The number of nitrogens with zero attached hydrogens (tertiary/aromatic N) is 2. The molecule has 74 valence electrons. The average molecular weight is 193 g/mol. The molecule has 0 unspecified atom stereocenters. The molecule has 0 aliphatic carbocycles. The summed E-state index contributed by atoms with van der Waals surface area (Å²) in [5.74, 6) is 0.600. The lowest BCUT2D eigenvalue weighted by Crippen LogP contribution is -2.01. The highest BCUT2D eigenvalue weighted by atomic mass is 16.6. The van der Waals surface area contributed by atoms with Crippen molar-refractivity contribution < 1.29 is 4.92 Å². The summed E-state index contributed by atoms with van der Waals surface area (Å²) >= 11 is 0. The Morgan fingerprint density at radius 2 is 2.36 bits per heavy atom. The van der Waals surface area contributed by atoms with Crippen molar-refractivity contribution in [1.29, 1.82) is 0 Å². The van der Waals surface area contributed by atoms with Crippen LogP contribution in [0.3, 0.4) is 0 Å². The Kier molecular flexibility index (Phi) is 2.81. The first-order chi connectivity index (χ1) is 6.61. The van der Waals surface area contributed by atoms with E-state index in [1.54, 1.807) is 20.0 Å². The van der Waals surface area contributed by atoms with Gasteiger partial charge >= 0.3 is 0 Å². The monoisotopic (exact) mass is 193 g/mol. The molecular formula is C9H11N3O2. The SMILES string of the molecule is C=Cc1c(NC)ncc([N+](=O)[O-])c1C. The first-order valence-electron chi connectivity index (χ1n) is 4.06. The van der Waals surface area contributed by atoms with Crippen LogP contribution in [0.5, 0.6) is 0 Å². The molecule has 0 amide bonds. The average Bonchev–Trinajstić information content (AvgIpc) is 2.16. The summed E-state index contributed by atoms with van der Waals surface area (Å²) in [5, 5.41) is 13.4. The molecule has 0 aliphatic rings. The van der Waals surface area contributed by atoms with E-state index in [1.165, 1.54) is 6.20 Å². The second-order valence-electron chi connectivity index (χ2n) is 2.74. The van der Waals surface area contributed by atoms with Gasteiger partial charge < -0.3 is 5.32 Å². The molecule has 0 radical (unpaired) electrons. The van der Waals surface area contributed by atoms with Gasteiger partial charge in [0.05, 0.1) is 4.92 Å². The van der Waals surface area contributed by atoms with Crippen LogP contribution in [0.2, 0.25) is 0 Å². The Morgan fingerprint density at radius 3 is 2.79 bits per heavy atom. The first kappa shape index (κ1) is 10.2. The lowest BCUT2D eigenvalue weighted by molar-refractivity contribution is -0.385. The third kappa shape index (κ3) is 1.56. The van der Waals surface area contributed by atoms with Gasteiger partial charge in [0.15, 0.2) is 0 Å². The van der Waals surface area contributed by atoms with Crippen LogP contribution < -0.4 is 5.32 Å². The van der Waals surface area contributed by atoms with E-state index in [-0.39, 0.29) is 5.69 Å². The fourth-order valence-corrected chi connectivity index (χ4v) is 1.24. The molecule has 0 saturated heterocycles. The predicted molar refractivity (Wildman–Crippen MR) is 55.3 cm³/mol. The van der Waals surface area contributed by atoms with E-state index in [0.29, 0.717) is 16.9 Å². The zero-order valence-electron chi connectivity index (χ0n) is 8.07. The Morgan fingerprint density at radius 1 is 1.71 bits per heavy atom. The number of rotatable bonds is 3. The molecule has 0 aliphatic heterocycles. The van der Waals surface area contributed by atoms with E-state index in [4.69, 9.17) is 0 Å². The molecule has 1 aromatic heterocycles. The largest absolute Gasteiger partial charge is 0.373 e. The van der Waals surface area contributed by atoms with Crippen LogP contribution in [0.1, 0.15) is 11.1 Å². The molecule has 0 bridgehead atoms. The zero-order valence-corrected chi connectivity index (χ0v) is 8.07. The van der Waals surface area contributed by atoms with Crippen molar-refractivity contribution in [1.82, 2.24) is 4.98 Å². The molecule has 1 heterocycles. The molecule has 0 aromatic carbocycles. The van der Waals surface area contributed by atoms with Crippen LogP contribution >= 0.6 is 0 Å². The normalized spacial score (nSPS) is 9.57. The van der Waals surface area contributed by atoms with Gasteiger partial charge in [-0.05, 0) is 6.92 Å². The molecule has 1 aromatic rings. The Labute approximate surface area is 81.6 Å². The van der Waals surface area contributed by atoms with Crippen LogP contribution in [0.15, 0.2) is 12.8 Å². The zero-order chi connectivity index (χ0) is 10.7. The van der Waals surface area contributed by atoms with Crippen molar-refractivity contribution in [2.24, 2.45) is 0 Å². The van der Waals surface area contributed by atoms with Crippen LogP contribution in [0.4, 0.5) is 11.5 Å². The van der Waals surface area contributed by atoms with Gasteiger partial charge in [0.25, 0.3) is 5.69 Å². The van der Waals surface area contributed by atoms with Crippen LogP contribution in [-0.2, 0) is 0 Å². The molecule has 0 saturated carbocycles. The van der Waals surface area contributed by atoms with E-state index in [2.05, 4.69) is 16.9 Å². The molecule has 0 fully saturated rings. The van der Waals surface area contributed by atoms with E-state index in [0.717, 1.165) is 0 Å². The van der Waals surface area contributed by atoms with Gasteiger partial charge in [-0.2, -0.15) is 0 Å².